The molecule has 6 heteroatoms. The topological polar surface area (TPSA) is 50.4 Å². The van der Waals surface area contributed by atoms with E-state index in [4.69, 9.17) is 27.9 Å². The van der Waals surface area contributed by atoms with Gasteiger partial charge in [-0.3, -0.25) is 4.79 Å². The Labute approximate surface area is 128 Å². The van der Waals surface area contributed by atoms with Crippen LogP contribution in [0.15, 0.2) is 18.2 Å². The molecule has 20 heavy (non-hydrogen) atoms. The summed E-state index contributed by atoms with van der Waals surface area (Å²) in [4.78, 5) is 11.7. The summed E-state index contributed by atoms with van der Waals surface area (Å²) in [7, 11) is 0. The maximum atomic E-state index is 11.7. The minimum atomic E-state index is -0.179. The zero-order valence-corrected chi connectivity index (χ0v) is 12.6. The second-order valence-corrected chi connectivity index (χ2v) is 5.65. The van der Waals surface area contributed by atoms with Crippen LogP contribution in [0.5, 0.6) is 0 Å². The highest BCUT2D eigenvalue weighted by Crippen LogP contribution is 2.29. The molecule has 0 atom stereocenters. The van der Waals surface area contributed by atoms with E-state index >= 15 is 0 Å². The van der Waals surface area contributed by atoms with E-state index in [9.17, 15) is 4.79 Å². The first-order valence-corrected chi connectivity index (χ1v) is 7.44. The van der Waals surface area contributed by atoms with E-state index in [-0.39, 0.29) is 12.5 Å². The molecule has 0 saturated heterocycles. The lowest BCUT2D eigenvalue weighted by Crippen LogP contribution is -2.30. The Morgan fingerprint density at radius 3 is 2.65 bits per heavy atom. The molecule has 0 aliphatic heterocycles. The fourth-order valence-electron chi connectivity index (χ4n) is 1.68. The summed E-state index contributed by atoms with van der Waals surface area (Å²) >= 11 is 11.9. The standard InChI is InChI=1S/C14H18Cl2N2O2/c15-11-2-1-3-12(16)14(11)18-13(19)8-17-6-7-20-9-10-4-5-10/h1-3,10,17H,4-9H2,(H,18,19). The molecule has 4 nitrogen and oxygen atoms in total. The first-order chi connectivity index (χ1) is 9.66. The average molecular weight is 317 g/mol. The first-order valence-electron chi connectivity index (χ1n) is 6.69. The summed E-state index contributed by atoms with van der Waals surface area (Å²) in [5.74, 6) is 0.586. The van der Waals surface area contributed by atoms with Crippen molar-refractivity contribution in [3.63, 3.8) is 0 Å². The Hall–Kier alpha value is -0.810. The summed E-state index contributed by atoms with van der Waals surface area (Å²) in [6.07, 6.45) is 2.57. The van der Waals surface area contributed by atoms with E-state index in [1.54, 1.807) is 18.2 Å². The van der Waals surface area contributed by atoms with Gasteiger partial charge < -0.3 is 15.4 Å². The molecular formula is C14H18Cl2N2O2. The molecule has 1 amide bonds. The van der Waals surface area contributed by atoms with Crippen LogP contribution in [0.1, 0.15) is 12.8 Å². The molecule has 110 valence electrons. The predicted octanol–water partition coefficient (Wildman–Crippen LogP) is 2.95. The lowest BCUT2D eigenvalue weighted by molar-refractivity contribution is -0.115. The molecule has 1 aliphatic rings. The van der Waals surface area contributed by atoms with E-state index in [1.807, 2.05) is 0 Å². The number of anilines is 1. The number of para-hydroxylation sites is 1. The number of nitrogens with one attached hydrogen (secondary N) is 2. The number of benzene rings is 1. The number of amides is 1. The van der Waals surface area contributed by atoms with Gasteiger partial charge in [-0.1, -0.05) is 29.3 Å². The number of hydrogen-bond donors (Lipinski definition) is 2. The lowest BCUT2D eigenvalue weighted by Gasteiger charge is -2.10. The smallest absolute Gasteiger partial charge is 0.238 e. The maximum absolute atomic E-state index is 11.7. The van der Waals surface area contributed by atoms with Crippen molar-refractivity contribution in [2.45, 2.75) is 12.8 Å². The van der Waals surface area contributed by atoms with Crippen molar-refractivity contribution >= 4 is 34.8 Å². The van der Waals surface area contributed by atoms with Crippen LogP contribution in [0.4, 0.5) is 5.69 Å². The minimum absolute atomic E-state index is 0.179. The molecule has 0 spiro atoms. The average Bonchev–Trinajstić information content (AvgIpc) is 3.22. The minimum Gasteiger partial charge on any atom is -0.380 e. The fourth-order valence-corrected chi connectivity index (χ4v) is 2.17. The van der Waals surface area contributed by atoms with Crippen molar-refractivity contribution in [1.29, 1.82) is 0 Å². The second-order valence-electron chi connectivity index (χ2n) is 4.84. The summed E-state index contributed by atoms with van der Waals surface area (Å²) < 4.78 is 5.46. The van der Waals surface area contributed by atoms with Crippen LogP contribution in [-0.2, 0) is 9.53 Å². The predicted molar refractivity (Wildman–Crippen MR) is 81.5 cm³/mol. The van der Waals surface area contributed by atoms with Gasteiger partial charge in [0.2, 0.25) is 5.91 Å². The molecule has 2 N–H and O–H groups in total. The van der Waals surface area contributed by atoms with Gasteiger partial charge in [0.25, 0.3) is 0 Å². The van der Waals surface area contributed by atoms with E-state index in [2.05, 4.69) is 10.6 Å². The van der Waals surface area contributed by atoms with Gasteiger partial charge in [-0.2, -0.15) is 0 Å². The van der Waals surface area contributed by atoms with Crippen molar-refractivity contribution in [2.24, 2.45) is 5.92 Å². The van der Waals surface area contributed by atoms with E-state index in [0.717, 1.165) is 12.5 Å². The van der Waals surface area contributed by atoms with Crippen molar-refractivity contribution in [2.75, 3.05) is 31.6 Å². The van der Waals surface area contributed by atoms with Gasteiger partial charge >= 0.3 is 0 Å². The van der Waals surface area contributed by atoms with Crippen LogP contribution in [0.2, 0.25) is 10.0 Å². The van der Waals surface area contributed by atoms with Gasteiger partial charge in [-0.25, -0.2) is 0 Å². The Morgan fingerprint density at radius 2 is 2.00 bits per heavy atom. The number of ether oxygens (including phenoxy) is 1. The quantitative estimate of drug-likeness (QED) is 0.725. The molecular weight excluding hydrogens is 299 g/mol. The number of halogens is 2. The van der Waals surface area contributed by atoms with Crippen LogP contribution >= 0.6 is 23.2 Å². The van der Waals surface area contributed by atoms with Crippen molar-refractivity contribution < 1.29 is 9.53 Å². The summed E-state index contributed by atoms with van der Waals surface area (Å²) in [6, 6.07) is 5.10. The zero-order valence-electron chi connectivity index (χ0n) is 11.1. The number of rotatable bonds is 8. The highest BCUT2D eigenvalue weighted by atomic mass is 35.5. The SMILES string of the molecule is O=C(CNCCOCC1CC1)Nc1c(Cl)cccc1Cl. The molecule has 2 rings (SSSR count). The normalized spacial score (nSPS) is 14.3. The van der Waals surface area contributed by atoms with Crippen LogP contribution in [0.25, 0.3) is 0 Å². The van der Waals surface area contributed by atoms with Crippen LogP contribution < -0.4 is 10.6 Å². The first kappa shape index (κ1) is 15.6. The van der Waals surface area contributed by atoms with E-state index in [1.165, 1.54) is 12.8 Å². The number of hydrogen-bond acceptors (Lipinski definition) is 3. The molecule has 1 saturated carbocycles. The van der Waals surface area contributed by atoms with Gasteiger partial charge in [0.1, 0.15) is 0 Å². The zero-order chi connectivity index (χ0) is 14.4. The molecule has 0 aromatic heterocycles. The van der Waals surface area contributed by atoms with Crippen LogP contribution in [-0.4, -0.2) is 32.2 Å². The fraction of sp³-hybridized carbons (Fsp3) is 0.500. The summed E-state index contributed by atoms with van der Waals surface area (Å²) in [5.41, 5.74) is 0.451. The van der Waals surface area contributed by atoms with Crippen LogP contribution in [0, 0.1) is 5.92 Å². The van der Waals surface area contributed by atoms with Crippen LogP contribution in [0.3, 0.4) is 0 Å². The third-order valence-corrected chi connectivity index (χ3v) is 3.62. The van der Waals surface area contributed by atoms with Crippen molar-refractivity contribution in [1.82, 2.24) is 5.32 Å². The molecule has 1 aromatic rings. The van der Waals surface area contributed by atoms with Gasteiger partial charge in [0, 0.05) is 13.2 Å². The van der Waals surface area contributed by atoms with Gasteiger partial charge in [-0.05, 0) is 30.9 Å². The maximum Gasteiger partial charge on any atom is 0.238 e. The van der Waals surface area contributed by atoms with Crippen molar-refractivity contribution in [3.8, 4) is 0 Å². The Morgan fingerprint density at radius 1 is 1.30 bits per heavy atom. The number of carbonyl (C=O) groups is 1. The monoisotopic (exact) mass is 316 g/mol. The molecule has 0 bridgehead atoms. The van der Waals surface area contributed by atoms with E-state index in [0.29, 0.717) is 28.9 Å². The summed E-state index contributed by atoms with van der Waals surface area (Å²) in [5, 5.41) is 6.57. The second kappa shape index (κ2) is 7.84. The van der Waals surface area contributed by atoms with Gasteiger partial charge in [0.05, 0.1) is 28.9 Å². The Kier molecular flexibility index (Phi) is 6.10. The van der Waals surface area contributed by atoms with Gasteiger partial charge in [-0.15, -0.1) is 0 Å². The molecule has 1 fully saturated rings. The highest BCUT2D eigenvalue weighted by Gasteiger charge is 2.20. The highest BCUT2D eigenvalue weighted by molar-refractivity contribution is 6.39. The third kappa shape index (κ3) is 5.29. The number of carbonyl (C=O) groups excluding carboxylic acids is 1. The van der Waals surface area contributed by atoms with E-state index < -0.39 is 0 Å². The molecule has 1 aliphatic carbocycles. The summed E-state index contributed by atoms with van der Waals surface area (Å²) in [6.45, 7) is 2.31. The largest absolute Gasteiger partial charge is 0.380 e. The lowest BCUT2D eigenvalue weighted by atomic mass is 10.3. The Balaban J connectivity index is 1.62. The van der Waals surface area contributed by atoms with Crippen molar-refractivity contribution in [3.05, 3.63) is 28.2 Å². The third-order valence-electron chi connectivity index (χ3n) is 2.99. The molecule has 0 heterocycles. The Bertz CT molecular complexity index is 444. The molecule has 1 aromatic carbocycles. The van der Waals surface area contributed by atoms with Gasteiger partial charge in [0.15, 0.2) is 0 Å². The molecule has 0 unspecified atom stereocenters. The molecule has 0 radical (unpaired) electrons.